The Labute approximate surface area is 112 Å². The van der Waals surface area contributed by atoms with Gasteiger partial charge in [0, 0.05) is 6.54 Å². The van der Waals surface area contributed by atoms with Gasteiger partial charge in [-0.25, -0.2) is 13.1 Å². The summed E-state index contributed by atoms with van der Waals surface area (Å²) in [5.41, 5.74) is 0. The average Bonchev–Trinajstić information content (AvgIpc) is 2.34. The quantitative estimate of drug-likeness (QED) is 0.707. The van der Waals surface area contributed by atoms with Crippen LogP contribution in [0.4, 0.5) is 0 Å². The molecular weight excluding hydrogens is 268 g/mol. The molecule has 0 aromatic heterocycles. The van der Waals surface area contributed by atoms with E-state index in [2.05, 4.69) is 10.0 Å². The van der Waals surface area contributed by atoms with Crippen molar-refractivity contribution in [2.75, 3.05) is 13.1 Å². The van der Waals surface area contributed by atoms with Crippen molar-refractivity contribution in [2.45, 2.75) is 18.7 Å². The summed E-state index contributed by atoms with van der Waals surface area (Å²) in [6, 6.07) is 5.55. The molecule has 0 radical (unpaired) electrons. The summed E-state index contributed by atoms with van der Waals surface area (Å²) in [6.07, 6.45) is 0. The van der Waals surface area contributed by atoms with Crippen molar-refractivity contribution in [1.82, 2.24) is 10.0 Å². The third kappa shape index (κ3) is 4.88. The van der Waals surface area contributed by atoms with Gasteiger partial charge in [-0.15, -0.1) is 0 Å². The summed E-state index contributed by atoms with van der Waals surface area (Å²) in [4.78, 5) is 11.2. The van der Waals surface area contributed by atoms with Gasteiger partial charge >= 0.3 is 0 Å². The standard InChI is InChI=1S/C12H18N2O4S/c1-9(2)7-13-12(16)8-14-19(17,18)11-6-4-3-5-10(11)15/h3-6,9,14-15H,7-8H2,1-2H3,(H,13,16). The maximum atomic E-state index is 11.8. The maximum absolute atomic E-state index is 11.8. The zero-order valence-electron chi connectivity index (χ0n) is 10.9. The van der Waals surface area contributed by atoms with Gasteiger partial charge in [-0.2, -0.15) is 0 Å². The summed E-state index contributed by atoms with van der Waals surface area (Å²) in [5.74, 6) is -0.469. The van der Waals surface area contributed by atoms with Crippen LogP contribution < -0.4 is 10.0 Å². The van der Waals surface area contributed by atoms with Crippen LogP contribution in [0.25, 0.3) is 0 Å². The molecule has 0 aliphatic rings. The number of hydrogen-bond acceptors (Lipinski definition) is 4. The fourth-order valence-corrected chi connectivity index (χ4v) is 2.38. The number of phenolic OH excluding ortho intramolecular Hbond substituents is 1. The van der Waals surface area contributed by atoms with E-state index in [0.717, 1.165) is 0 Å². The zero-order valence-corrected chi connectivity index (χ0v) is 11.7. The number of nitrogens with one attached hydrogen (secondary N) is 2. The van der Waals surface area contributed by atoms with E-state index in [9.17, 15) is 18.3 Å². The minimum Gasteiger partial charge on any atom is -0.507 e. The number of para-hydroxylation sites is 1. The molecule has 0 bridgehead atoms. The molecule has 1 aromatic carbocycles. The van der Waals surface area contributed by atoms with Gasteiger partial charge in [-0.1, -0.05) is 26.0 Å². The lowest BCUT2D eigenvalue weighted by atomic mass is 10.2. The molecule has 0 unspecified atom stereocenters. The predicted molar refractivity (Wildman–Crippen MR) is 71.1 cm³/mol. The molecule has 1 amide bonds. The molecular formula is C12H18N2O4S. The number of hydrogen-bond donors (Lipinski definition) is 3. The molecule has 1 rings (SSSR count). The number of amides is 1. The van der Waals surface area contributed by atoms with E-state index >= 15 is 0 Å². The van der Waals surface area contributed by atoms with Crippen molar-refractivity contribution >= 4 is 15.9 Å². The van der Waals surface area contributed by atoms with Crippen molar-refractivity contribution < 1.29 is 18.3 Å². The van der Waals surface area contributed by atoms with E-state index in [4.69, 9.17) is 0 Å². The summed E-state index contributed by atoms with van der Waals surface area (Å²) in [5, 5.41) is 12.1. The first kappa shape index (κ1) is 15.5. The van der Waals surface area contributed by atoms with Crippen LogP contribution in [-0.2, 0) is 14.8 Å². The van der Waals surface area contributed by atoms with Gasteiger partial charge in [0.2, 0.25) is 15.9 Å². The SMILES string of the molecule is CC(C)CNC(=O)CNS(=O)(=O)c1ccccc1O. The lowest BCUT2D eigenvalue weighted by molar-refractivity contribution is -0.120. The highest BCUT2D eigenvalue weighted by Crippen LogP contribution is 2.20. The van der Waals surface area contributed by atoms with Crippen LogP contribution in [0.3, 0.4) is 0 Å². The van der Waals surface area contributed by atoms with Gasteiger partial charge in [-0.05, 0) is 18.1 Å². The number of carbonyl (C=O) groups is 1. The van der Waals surface area contributed by atoms with Crippen LogP contribution in [0.15, 0.2) is 29.2 Å². The van der Waals surface area contributed by atoms with Crippen LogP contribution in [0.2, 0.25) is 0 Å². The lowest BCUT2D eigenvalue weighted by Gasteiger charge is -2.10. The van der Waals surface area contributed by atoms with Crippen molar-refractivity contribution in [3.05, 3.63) is 24.3 Å². The van der Waals surface area contributed by atoms with E-state index in [1.807, 2.05) is 13.8 Å². The lowest BCUT2D eigenvalue weighted by Crippen LogP contribution is -2.38. The molecule has 6 nitrogen and oxygen atoms in total. The van der Waals surface area contributed by atoms with E-state index in [1.54, 1.807) is 0 Å². The highest BCUT2D eigenvalue weighted by Gasteiger charge is 2.18. The monoisotopic (exact) mass is 286 g/mol. The topological polar surface area (TPSA) is 95.5 Å². The Hall–Kier alpha value is -1.60. The summed E-state index contributed by atoms with van der Waals surface area (Å²) >= 11 is 0. The molecule has 19 heavy (non-hydrogen) atoms. The second-order valence-electron chi connectivity index (χ2n) is 4.49. The molecule has 0 atom stereocenters. The van der Waals surface area contributed by atoms with Crippen LogP contribution in [0, 0.1) is 5.92 Å². The fraction of sp³-hybridized carbons (Fsp3) is 0.417. The molecule has 3 N–H and O–H groups in total. The summed E-state index contributed by atoms with van der Waals surface area (Å²) in [7, 11) is -3.89. The van der Waals surface area contributed by atoms with Gasteiger partial charge < -0.3 is 10.4 Å². The Balaban J connectivity index is 2.62. The van der Waals surface area contributed by atoms with E-state index in [1.165, 1.54) is 24.3 Å². The average molecular weight is 286 g/mol. The molecule has 0 saturated heterocycles. The second kappa shape index (κ2) is 6.53. The Kier molecular flexibility index (Phi) is 5.31. The number of sulfonamides is 1. The zero-order chi connectivity index (χ0) is 14.5. The van der Waals surface area contributed by atoms with Crippen molar-refractivity contribution in [2.24, 2.45) is 5.92 Å². The third-order valence-electron chi connectivity index (χ3n) is 2.28. The molecule has 0 saturated carbocycles. The third-order valence-corrected chi connectivity index (χ3v) is 3.73. The van der Waals surface area contributed by atoms with Crippen LogP contribution >= 0.6 is 0 Å². The van der Waals surface area contributed by atoms with Crippen molar-refractivity contribution in [1.29, 1.82) is 0 Å². The number of rotatable bonds is 6. The van der Waals surface area contributed by atoms with Crippen molar-refractivity contribution in [3.63, 3.8) is 0 Å². The minimum atomic E-state index is -3.89. The molecule has 0 heterocycles. The molecule has 0 aliphatic heterocycles. The number of benzene rings is 1. The first-order chi connectivity index (χ1) is 8.83. The Morgan fingerprint density at radius 3 is 2.53 bits per heavy atom. The molecule has 0 fully saturated rings. The molecule has 0 aliphatic carbocycles. The van der Waals surface area contributed by atoms with Gasteiger partial charge in [-0.3, -0.25) is 4.79 Å². The van der Waals surface area contributed by atoms with Gasteiger partial charge in [0.25, 0.3) is 0 Å². The van der Waals surface area contributed by atoms with Gasteiger partial charge in [0.15, 0.2) is 0 Å². The van der Waals surface area contributed by atoms with Crippen molar-refractivity contribution in [3.8, 4) is 5.75 Å². The van der Waals surface area contributed by atoms with Crippen LogP contribution in [0.5, 0.6) is 5.75 Å². The fourth-order valence-electron chi connectivity index (χ4n) is 1.30. The summed E-state index contributed by atoms with van der Waals surface area (Å²) < 4.78 is 25.8. The maximum Gasteiger partial charge on any atom is 0.244 e. The molecule has 106 valence electrons. The van der Waals surface area contributed by atoms with Gasteiger partial charge in [0.1, 0.15) is 10.6 Å². The Morgan fingerprint density at radius 2 is 1.95 bits per heavy atom. The van der Waals surface area contributed by atoms with E-state index in [0.29, 0.717) is 12.5 Å². The molecule has 1 aromatic rings. The van der Waals surface area contributed by atoms with E-state index in [-0.39, 0.29) is 17.2 Å². The summed E-state index contributed by atoms with van der Waals surface area (Å²) in [6.45, 7) is 4.00. The normalized spacial score (nSPS) is 11.5. The van der Waals surface area contributed by atoms with Crippen LogP contribution in [-0.4, -0.2) is 32.5 Å². The number of carbonyl (C=O) groups excluding carboxylic acids is 1. The minimum absolute atomic E-state index is 0.244. The first-order valence-electron chi connectivity index (χ1n) is 5.87. The van der Waals surface area contributed by atoms with Gasteiger partial charge in [0.05, 0.1) is 6.54 Å². The molecule has 7 heteroatoms. The van der Waals surface area contributed by atoms with Crippen LogP contribution in [0.1, 0.15) is 13.8 Å². The second-order valence-corrected chi connectivity index (χ2v) is 6.23. The number of phenols is 1. The van der Waals surface area contributed by atoms with E-state index < -0.39 is 15.9 Å². The molecule has 0 spiro atoms. The first-order valence-corrected chi connectivity index (χ1v) is 7.35. The smallest absolute Gasteiger partial charge is 0.244 e. The highest BCUT2D eigenvalue weighted by molar-refractivity contribution is 7.89. The predicted octanol–water partition coefficient (Wildman–Crippen LogP) is 0.443. The Bertz CT molecular complexity index is 540. The Morgan fingerprint density at radius 1 is 1.32 bits per heavy atom. The largest absolute Gasteiger partial charge is 0.507 e. The number of aromatic hydroxyl groups is 1. The highest BCUT2D eigenvalue weighted by atomic mass is 32.2.